The van der Waals surface area contributed by atoms with Gasteiger partial charge in [-0.3, -0.25) is 0 Å². The maximum atomic E-state index is 2.44. The second-order valence-electron chi connectivity index (χ2n) is 15.3. The molecule has 0 aromatic heterocycles. The van der Waals surface area contributed by atoms with E-state index in [4.69, 9.17) is 0 Å². The molecule has 11 rings (SSSR count). The molecule has 0 nitrogen and oxygen atoms in total. The normalized spacial score (nSPS) is 13.2. The van der Waals surface area contributed by atoms with Crippen LogP contribution in [0.5, 0.6) is 0 Å². The van der Waals surface area contributed by atoms with Gasteiger partial charge in [0.1, 0.15) is 0 Å². The van der Waals surface area contributed by atoms with Crippen molar-refractivity contribution in [1.29, 1.82) is 0 Å². The van der Waals surface area contributed by atoms with Crippen LogP contribution in [0.4, 0.5) is 0 Å². The Balaban J connectivity index is 0.988. The number of hydrogen-bond acceptors (Lipinski definition) is 0. The van der Waals surface area contributed by atoms with Gasteiger partial charge in [-0.25, -0.2) is 0 Å². The van der Waals surface area contributed by atoms with Crippen LogP contribution in [0, 0.1) is 0 Å². The predicted molar refractivity (Wildman–Crippen MR) is 228 cm³/mol. The molecular formula is C53H36. The Hall–Kier alpha value is -6.50. The van der Waals surface area contributed by atoms with Gasteiger partial charge < -0.3 is 0 Å². The van der Waals surface area contributed by atoms with Crippen LogP contribution in [-0.4, -0.2) is 0 Å². The second kappa shape index (κ2) is 11.2. The van der Waals surface area contributed by atoms with Crippen LogP contribution in [0.1, 0.15) is 25.0 Å². The molecule has 0 saturated carbocycles. The maximum absolute atomic E-state index is 2.44. The van der Waals surface area contributed by atoms with Crippen molar-refractivity contribution in [2.24, 2.45) is 0 Å². The Kier molecular flexibility index (Phi) is 6.40. The van der Waals surface area contributed by atoms with Gasteiger partial charge in [0.2, 0.25) is 0 Å². The summed E-state index contributed by atoms with van der Waals surface area (Å²) in [5, 5.41) is 12.8. The summed E-state index contributed by atoms with van der Waals surface area (Å²) in [7, 11) is 0. The van der Waals surface area contributed by atoms with Crippen LogP contribution in [0.25, 0.3) is 98.4 Å². The van der Waals surface area contributed by atoms with Gasteiger partial charge in [0.05, 0.1) is 0 Å². The van der Waals surface area contributed by atoms with Crippen LogP contribution in [-0.2, 0) is 5.41 Å². The highest BCUT2D eigenvalue weighted by molar-refractivity contribution is 6.23. The average molecular weight is 673 g/mol. The molecule has 1 aliphatic carbocycles. The molecule has 0 saturated heterocycles. The van der Waals surface area contributed by atoms with E-state index in [1.165, 1.54) is 109 Å². The van der Waals surface area contributed by atoms with E-state index in [0.717, 1.165) is 0 Å². The van der Waals surface area contributed by atoms with E-state index in [1.54, 1.807) is 0 Å². The third kappa shape index (κ3) is 4.62. The molecule has 0 atom stereocenters. The first-order valence-corrected chi connectivity index (χ1v) is 18.7. The summed E-state index contributed by atoms with van der Waals surface area (Å²) in [6.45, 7) is 4.77. The lowest BCUT2D eigenvalue weighted by Crippen LogP contribution is -2.15. The molecule has 1 aliphatic rings. The summed E-state index contributed by atoms with van der Waals surface area (Å²) in [6.07, 6.45) is 0. The first-order chi connectivity index (χ1) is 26.0. The number of rotatable bonds is 3. The summed E-state index contributed by atoms with van der Waals surface area (Å²) in [4.78, 5) is 0. The summed E-state index contributed by atoms with van der Waals surface area (Å²) >= 11 is 0. The van der Waals surface area contributed by atoms with Crippen molar-refractivity contribution in [1.82, 2.24) is 0 Å². The Labute approximate surface area is 309 Å². The molecule has 0 aliphatic heterocycles. The minimum Gasteiger partial charge on any atom is -0.0616 e. The van der Waals surface area contributed by atoms with Gasteiger partial charge in [-0.2, -0.15) is 0 Å². The van der Waals surface area contributed by atoms with Gasteiger partial charge in [0.25, 0.3) is 0 Å². The topological polar surface area (TPSA) is 0 Å². The average Bonchev–Trinajstić information content (AvgIpc) is 3.44. The largest absolute Gasteiger partial charge is 0.0616 e. The standard InChI is InChI=1S/C53H36/c1-53(2)50-31-39(37-19-15-33-9-3-4-11-36(33)27-37)23-25-46(50)47-26-24-40(32-51(47)53)38-20-16-34-17-21-41(29-43(34)28-38)49-30-42-22-18-35-10-5-6-12-44(35)52(42)48-14-8-7-13-45(48)49/h3-32H,1-2H3. The lowest BCUT2D eigenvalue weighted by Gasteiger charge is -2.23. The van der Waals surface area contributed by atoms with Crippen molar-refractivity contribution in [3.8, 4) is 44.5 Å². The van der Waals surface area contributed by atoms with Crippen molar-refractivity contribution in [3.63, 3.8) is 0 Å². The second-order valence-corrected chi connectivity index (χ2v) is 15.3. The minimum atomic E-state index is -0.111. The summed E-state index contributed by atoms with van der Waals surface area (Å²) in [5.41, 5.74) is 12.9. The fourth-order valence-electron chi connectivity index (χ4n) is 9.18. The van der Waals surface area contributed by atoms with Crippen molar-refractivity contribution >= 4 is 53.9 Å². The summed E-state index contributed by atoms with van der Waals surface area (Å²) in [6, 6.07) is 68.0. The van der Waals surface area contributed by atoms with Crippen LogP contribution in [0.3, 0.4) is 0 Å². The Morgan fingerprint density at radius 3 is 1.43 bits per heavy atom. The first-order valence-electron chi connectivity index (χ1n) is 18.7. The van der Waals surface area contributed by atoms with Crippen molar-refractivity contribution in [3.05, 3.63) is 193 Å². The number of benzene rings is 10. The molecule has 10 aromatic rings. The molecule has 0 bridgehead atoms. The highest BCUT2D eigenvalue weighted by Crippen LogP contribution is 2.51. The van der Waals surface area contributed by atoms with Crippen molar-refractivity contribution in [2.45, 2.75) is 19.3 Å². The van der Waals surface area contributed by atoms with E-state index >= 15 is 0 Å². The third-order valence-corrected chi connectivity index (χ3v) is 12.0. The van der Waals surface area contributed by atoms with Gasteiger partial charge in [0, 0.05) is 5.41 Å². The molecule has 0 unspecified atom stereocenters. The van der Waals surface area contributed by atoms with E-state index in [2.05, 4.69) is 196 Å². The zero-order valence-electron chi connectivity index (χ0n) is 29.8. The zero-order chi connectivity index (χ0) is 35.3. The third-order valence-electron chi connectivity index (χ3n) is 12.0. The first kappa shape index (κ1) is 30.2. The smallest absolute Gasteiger partial charge is 0.0159 e. The summed E-state index contributed by atoms with van der Waals surface area (Å²) in [5.74, 6) is 0. The molecule has 0 heteroatoms. The maximum Gasteiger partial charge on any atom is 0.0159 e. The molecule has 0 N–H and O–H groups in total. The monoisotopic (exact) mass is 672 g/mol. The SMILES string of the molecule is CC1(C)c2cc(-c3ccc4ccccc4c3)ccc2-c2ccc(-c3ccc4ccc(-c5cc6ccc7ccccc7c6c6ccccc56)cc4c3)cc21. The molecule has 0 heterocycles. The zero-order valence-corrected chi connectivity index (χ0v) is 29.8. The van der Waals surface area contributed by atoms with E-state index in [1.807, 2.05) is 0 Å². The van der Waals surface area contributed by atoms with E-state index < -0.39 is 0 Å². The highest BCUT2D eigenvalue weighted by atomic mass is 14.4. The van der Waals surface area contributed by atoms with Gasteiger partial charge in [-0.15, -0.1) is 0 Å². The van der Waals surface area contributed by atoms with E-state index in [9.17, 15) is 0 Å². The molecule has 0 radical (unpaired) electrons. The minimum absolute atomic E-state index is 0.111. The van der Waals surface area contributed by atoms with Crippen molar-refractivity contribution < 1.29 is 0 Å². The number of hydrogen-bond donors (Lipinski definition) is 0. The fourth-order valence-corrected chi connectivity index (χ4v) is 9.18. The summed E-state index contributed by atoms with van der Waals surface area (Å²) < 4.78 is 0. The Morgan fingerprint density at radius 1 is 0.283 bits per heavy atom. The lowest BCUT2D eigenvalue weighted by atomic mass is 9.80. The molecule has 53 heavy (non-hydrogen) atoms. The van der Waals surface area contributed by atoms with Crippen molar-refractivity contribution in [2.75, 3.05) is 0 Å². The molecule has 10 aromatic carbocycles. The molecule has 0 amide bonds. The number of fused-ring (bicyclic) bond motifs is 10. The highest BCUT2D eigenvalue weighted by Gasteiger charge is 2.36. The molecule has 0 fully saturated rings. The fraction of sp³-hybridized carbons (Fsp3) is 0.0566. The Bertz CT molecular complexity index is 3140. The predicted octanol–water partition coefficient (Wildman–Crippen LogP) is 14.8. The van der Waals surface area contributed by atoms with Gasteiger partial charge in [-0.1, -0.05) is 159 Å². The lowest BCUT2D eigenvalue weighted by molar-refractivity contribution is 0.661. The van der Waals surface area contributed by atoms with Crippen LogP contribution in [0.2, 0.25) is 0 Å². The van der Waals surface area contributed by atoms with E-state index in [-0.39, 0.29) is 5.41 Å². The quantitative estimate of drug-likeness (QED) is 0.164. The van der Waals surface area contributed by atoms with Crippen LogP contribution < -0.4 is 0 Å². The van der Waals surface area contributed by atoms with Crippen LogP contribution >= 0.6 is 0 Å². The molecule has 248 valence electrons. The van der Waals surface area contributed by atoms with Crippen LogP contribution in [0.15, 0.2) is 182 Å². The van der Waals surface area contributed by atoms with E-state index in [0.29, 0.717) is 0 Å². The van der Waals surface area contributed by atoms with Gasteiger partial charge >= 0.3 is 0 Å². The molecular weight excluding hydrogens is 637 g/mol. The Morgan fingerprint density at radius 2 is 0.736 bits per heavy atom. The molecule has 0 spiro atoms. The van der Waals surface area contributed by atoms with Gasteiger partial charge in [0.15, 0.2) is 0 Å². The van der Waals surface area contributed by atoms with Gasteiger partial charge in [-0.05, 0) is 146 Å².